The SMILES string of the molecule is CC/C=C\C/C=C\C/C=C\C/C=C\C/C=C\C/C=C\CCCCCCC(=O)OCC(COP(=O)(O)OCC(O)COP(=O)(O)OCC(O)COC(=O)CCCCCCCCCCCCCCCCCCCCC/C=C\C/C=C\C/C=C\C/C=C\CCCCC)OC(=O)CCC/C=C\C/C=C\C/C=C\C/C=C\C/C=C\CC. The number of allylic oxidation sites excluding steroid dienone is 30. The molecule has 0 aliphatic rings. The first-order valence-corrected chi connectivity index (χ1v) is 46.1. The molecule has 0 aromatic rings. The Labute approximate surface area is 675 Å². The largest absolute Gasteiger partial charge is 0.472 e. The summed E-state index contributed by atoms with van der Waals surface area (Å²) in [5.41, 5.74) is 0. The molecule has 5 atom stereocenters. The molecule has 0 aliphatic heterocycles. The van der Waals surface area contributed by atoms with Gasteiger partial charge in [-0.15, -0.1) is 0 Å². The molecule has 0 fully saturated rings. The number of hydrogen-bond donors (Lipinski definition) is 4. The van der Waals surface area contributed by atoms with Gasteiger partial charge >= 0.3 is 33.6 Å². The summed E-state index contributed by atoms with van der Waals surface area (Å²) in [7, 11) is -9.83. The van der Waals surface area contributed by atoms with Crippen molar-refractivity contribution < 1.29 is 75.8 Å². The highest BCUT2D eigenvalue weighted by Gasteiger charge is 2.29. The van der Waals surface area contributed by atoms with Gasteiger partial charge in [0.2, 0.25) is 0 Å². The van der Waals surface area contributed by atoms with Crippen LogP contribution in [-0.2, 0) is 55.8 Å². The first kappa shape index (κ1) is 106. The van der Waals surface area contributed by atoms with Gasteiger partial charge in [-0.25, -0.2) is 9.13 Å². The van der Waals surface area contributed by atoms with Gasteiger partial charge in [-0.2, -0.15) is 0 Å². The van der Waals surface area contributed by atoms with Crippen molar-refractivity contribution in [3.63, 3.8) is 0 Å². The van der Waals surface area contributed by atoms with E-state index in [-0.39, 0.29) is 19.3 Å². The van der Waals surface area contributed by atoms with E-state index in [1.165, 1.54) is 128 Å². The second-order valence-corrected chi connectivity index (χ2v) is 31.1. The van der Waals surface area contributed by atoms with Crippen LogP contribution >= 0.6 is 15.6 Å². The summed E-state index contributed by atoms with van der Waals surface area (Å²) >= 11 is 0. The highest BCUT2D eigenvalue weighted by molar-refractivity contribution is 7.47. The quantitative estimate of drug-likeness (QED) is 0.0146. The first-order valence-electron chi connectivity index (χ1n) is 43.1. The van der Waals surface area contributed by atoms with E-state index in [9.17, 15) is 43.5 Å². The Kier molecular flexibility index (Phi) is 80.0. The third-order valence-electron chi connectivity index (χ3n) is 17.6. The fourth-order valence-electron chi connectivity index (χ4n) is 11.1. The monoisotopic (exact) mass is 1590 g/mol. The van der Waals surface area contributed by atoms with Crippen molar-refractivity contribution in [3.05, 3.63) is 182 Å². The van der Waals surface area contributed by atoms with E-state index in [4.69, 9.17) is 32.3 Å². The molecule has 0 aliphatic carbocycles. The smallest absolute Gasteiger partial charge is 0.463 e. The van der Waals surface area contributed by atoms with Crippen LogP contribution < -0.4 is 0 Å². The summed E-state index contributed by atoms with van der Waals surface area (Å²) in [5, 5.41) is 20.7. The molecule has 0 aromatic heterocycles. The van der Waals surface area contributed by atoms with Crippen molar-refractivity contribution >= 4 is 33.6 Å². The van der Waals surface area contributed by atoms with Gasteiger partial charge in [0.25, 0.3) is 0 Å². The van der Waals surface area contributed by atoms with E-state index < -0.39 is 91.5 Å². The van der Waals surface area contributed by atoms with Crippen LogP contribution in [0.4, 0.5) is 0 Å². The van der Waals surface area contributed by atoms with E-state index in [0.29, 0.717) is 25.7 Å². The summed E-state index contributed by atoms with van der Waals surface area (Å²) in [4.78, 5) is 58.7. The zero-order chi connectivity index (χ0) is 80.8. The summed E-state index contributed by atoms with van der Waals surface area (Å²) in [5.74, 6) is -1.68. The average Bonchev–Trinajstić information content (AvgIpc) is 0.904. The Hall–Kier alpha value is -5.35. The van der Waals surface area contributed by atoms with Crippen LogP contribution in [0.3, 0.4) is 0 Å². The van der Waals surface area contributed by atoms with E-state index in [0.717, 1.165) is 135 Å². The third-order valence-corrected chi connectivity index (χ3v) is 19.5. The maximum absolute atomic E-state index is 13.0. The fraction of sp³-hybridized carbons (Fsp3) is 0.645. The van der Waals surface area contributed by atoms with Gasteiger partial charge < -0.3 is 34.2 Å². The predicted molar refractivity (Wildman–Crippen MR) is 463 cm³/mol. The molecule has 0 bridgehead atoms. The van der Waals surface area contributed by atoms with Gasteiger partial charge in [0, 0.05) is 19.3 Å². The number of rotatable bonds is 80. The molecule has 16 nitrogen and oxygen atoms in total. The number of phosphoric ester groups is 2. The lowest BCUT2D eigenvalue weighted by atomic mass is 10.0. The third kappa shape index (κ3) is 85.4. The second-order valence-electron chi connectivity index (χ2n) is 28.2. The summed E-state index contributed by atoms with van der Waals surface area (Å²) in [6.07, 6.45) is 110. The van der Waals surface area contributed by atoms with Crippen molar-refractivity contribution in [2.45, 2.75) is 347 Å². The molecule has 0 saturated heterocycles. The minimum Gasteiger partial charge on any atom is -0.463 e. The molecule has 4 N–H and O–H groups in total. The number of phosphoric acid groups is 2. The van der Waals surface area contributed by atoms with E-state index >= 15 is 0 Å². The van der Waals surface area contributed by atoms with E-state index in [2.05, 4.69) is 191 Å². The molecule has 5 unspecified atom stereocenters. The standard InChI is InChI=1S/C93H154O16P2/c1-4-7-10-13-16-19-22-25-28-31-33-35-37-38-39-40-41-42-43-44-45-46-47-48-50-52-53-56-58-61-64-67-70-73-76-79-91(96)103-82-88(94)83-105-110(99,100)106-84-89(95)85-107-111(101,102)108-87-90(109-93(98)81-78-75-72-69-66-63-60-55-30-27-24-21-18-15-12-9-6-3)86-104-92(97)80-77-74-71-68-65-62-59-57-54-51-49-36-34-32-29-26-23-20-17-14-11-8-5-2/h8-9,11-12,16-21,25-30,33-36,38-39,51,54,59-60,62-63,69,72,88-90,94-95H,4-7,10,13-15,22-24,31-32,37,40-50,52-53,55-58,61,64-68,70-71,73-87H2,1-3H3,(H,99,100)(H,101,102)/b11-8-,12-9-,19-16-,20-17-,21-18-,28-25-,29-26-,30-27-,35-33-,36-34-,39-38-,54-51-,62-59-,63-60-,72-69-. The molecule has 0 saturated carbocycles. The van der Waals surface area contributed by atoms with Crippen molar-refractivity contribution in [3.8, 4) is 0 Å². The average molecular weight is 1590 g/mol. The molecule has 0 amide bonds. The van der Waals surface area contributed by atoms with Gasteiger partial charge in [0.05, 0.1) is 26.4 Å². The first-order chi connectivity index (χ1) is 54.2. The van der Waals surface area contributed by atoms with Crippen LogP contribution in [0.15, 0.2) is 182 Å². The zero-order valence-electron chi connectivity index (χ0n) is 69.3. The van der Waals surface area contributed by atoms with Gasteiger partial charge in [-0.1, -0.05) is 338 Å². The molecule has 632 valence electrons. The molecule has 0 spiro atoms. The minimum atomic E-state index is -4.96. The van der Waals surface area contributed by atoms with Crippen molar-refractivity contribution in [2.24, 2.45) is 0 Å². The molecule has 0 radical (unpaired) electrons. The molecule has 0 rings (SSSR count). The summed E-state index contributed by atoms with van der Waals surface area (Å²) < 4.78 is 61.2. The summed E-state index contributed by atoms with van der Waals surface area (Å²) in [6.45, 7) is 2.33. The Morgan fingerprint density at radius 3 is 0.784 bits per heavy atom. The number of aliphatic hydroxyl groups is 2. The Balaban J connectivity index is 4.52. The van der Waals surface area contributed by atoms with Crippen LogP contribution in [0, 0.1) is 0 Å². The van der Waals surface area contributed by atoms with Gasteiger partial charge in [0.1, 0.15) is 25.4 Å². The van der Waals surface area contributed by atoms with Crippen molar-refractivity contribution in [1.82, 2.24) is 0 Å². The minimum absolute atomic E-state index is 0.0134. The van der Waals surface area contributed by atoms with Gasteiger partial charge in [0.15, 0.2) is 6.10 Å². The lowest BCUT2D eigenvalue weighted by Gasteiger charge is -2.21. The number of hydrogen-bond acceptors (Lipinski definition) is 14. The van der Waals surface area contributed by atoms with E-state index in [1.807, 2.05) is 12.2 Å². The molecule has 111 heavy (non-hydrogen) atoms. The van der Waals surface area contributed by atoms with Crippen LogP contribution in [0.1, 0.15) is 329 Å². The lowest BCUT2D eigenvalue weighted by molar-refractivity contribution is -0.161. The Morgan fingerprint density at radius 1 is 0.261 bits per heavy atom. The number of ether oxygens (including phenoxy) is 3. The van der Waals surface area contributed by atoms with Gasteiger partial charge in [-0.05, 0) is 154 Å². The number of aliphatic hydroxyl groups excluding tert-OH is 2. The van der Waals surface area contributed by atoms with Crippen LogP contribution in [0.2, 0.25) is 0 Å². The predicted octanol–water partition coefficient (Wildman–Crippen LogP) is 26.1. The fourth-order valence-corrected chi connectivity index (χ4v) is 12.7. The molecule has 0 aromatic carbocycles. The highest BCUT2D eigenvalue weighted by Crippen LogP contribution is 2.45. The van der Waals surface area contributed by atoms with Crippen LogP contribution in [0.5, 0.6) is 0 Å². The molecule has 18 heteroatoms. The molecular weight excluding hydrogens is 1430 g/mol. The molecule has 0 heterocycles. The van der Waals surface area contributed by atoms with Gasteiger partial charge in [-0.3, -0.25) is 32.5 Å². The second kappa shape index (κ2) is 84.1. The lowest BCUT2D eigenvalue weighted by Crippen LogP contribution is -2.30. The topological polar surface area (TPSA) is 231 Å². The van der Waals surface area contributed by atoms with Crippen LogP contribution in [0.25, 0.3) is 0 Å². The maximum atomic E-state index is 13.0. The van der Waals surface area contributed by atoms with Crippen molar-refractivity contribution in [1.29, 1.82) is 0 Å². The zero-order valence-corrected chi connectivity index (χ0v) is 71.1. The summed E-state index contributed by atoms with van der Waals surface area (Å²) in [6, 6.07) is 0. The number of carbonyl (C=O) groups excluding carboxylic acids is 3. The normalized spacial score (nSPS) is 14.8. The van der Waals surface area contributed by atoms with E-state index in [1.54, 1.807) is 0 Å². The number of carbonyl (C=O) groups is 3. The Morgan fingerprint density at radius 2 is 0.486 bits per heavy atom. The van der Waals surface area contributed by atoms with Crippen molar-refractivity contribution in [2.75, 3.05) is 39.6 Å². The molecular formula is C93H154O16P2. The maximum Gasteiger partial charge on any atom is 0.472 e. The number of unbranched alkanes of at least 4 members (excludes halogenated alkanes) is 27. The van der Waals surface area contributed by atoms with Crippen LogP contribution in [-0.4, -0.2) is 95.9 Å². The number of esters is 3. The highest BCUT2D eigenvalue weighted by atomic mass is 31.2. The Bertz CT molecular complexity index is 2750.